The van der Waals surface area contributed by atoms with Gasteiger partial charge in [-0.25, -0.2) is 0 Å². The monoisotopic (exact) mass is 389 g/mol. The van der Waals surface area contributed by atoms with Crippen LogP contribution in [0.5, 0.6) is 0 Å². The molecule has 0 spiro atoms. The second kappa shape index (κ2) is 8.36. The lowest BCUT2D eigenvalue weighted by atomic mass is 9.90. The quantitative estimate of drug-likeness (QED) is 0.627. The van der Waals surface area contributed by atoms with Gasteiger partial charge in [0.15, 0.2) is 0 Å². The molecule has 1 saturated heterocycles. The predicted octanol–water partition coefficient (Wildman–Crippen LogP) is 1.32. The van der Waals surface area contributed by atoms with E-state index in [1.54, 1.807) is 30.3 Å². The molecule has 1 fully saturated rings. The van der Waals surface area contributed by atoms with Gasteiger partial charge in [0.05, 0.1) is 18.2 Å². The van der Waals surface area contributed by atoms with E-state index in [4.69, 9.17) is 21.6 Å². The number of nitriles is 1. The van der Waals surface area contributed by atoms with Crippen molar-refractivity contribution in [3.8, 4) is 6.07 Å². The lowest BCUT2D eigenvalue weighted by Crippen LogP contribution is -2.55. The number of hydrogen-bond donors (Lipinski definition) is 4. The Bertz CT molecular complexity index is 833. The molecule has 0 bridgehead atoms. The first kappa shape index (κ1) is 19.8. The molecule has 0 aliphatic carbocycles. The van der Waals surface area contributed by atoms with Crippen LogP contribution >= 0.6 is 11.6 Å². The first-order valence-corrected chi connectivity index (χ1v) is 8.90. The van der Waals surface area contributed by atoms with Gasteiger partial charge in [-0.3, -0.25) is 0 Å². The molecule has 7 heteroatoms. The summed E-state index contributed by atoms with van der Waals surface area (Å²) in [7, 11) is 0. The second-order valence-electron chi connectivity index (χ2n) is 6.59. The molecule has 1 aliphatic rings. The van der Waals surface area contributed by atoms with E-state index in [0.717, 1.165) is 11.1 Å². The van der Waals surface area contributed by atoms with Crippen LogP contribution in [0, 0.1) is 11.3 Å². The molecule has 1 aliphatic heterocycles. The molecule has 142 valence electrons. The minimum atomic E-state index is -1.43. The fourth-order valence-electron chi connectivity index (χ4n) is 3.20. The minimum absolute atomic E-state index is 0.479. The van der Waals surface area contributed by atoms with Gasteiger partial charge in [0.1, 0.15) is 30.5 Å². The predicted molar refractivity (Wildman–Crippen MR) is 98.1 cm³/mol. The van der Waals surface area contributed by atoms with Gasteiger partial charge >= 0.3 is 0 Å². The van der Waals surface area contributed by atoms with E-state index in [0.29, 0.717) is 22.6 Å². The summed E-state index contributed by atoms with van der Waals surface area (Å²) in [6.45, 7) is -0.479. The molecule has 27 heavy (non-hydrogen) atoms. The highest BCUT2D eigenvalue weighted by molar-refractivity contribution is 6.31. The smallest absolute Gasteiger partial charge is 0.113 e. The molecule has 2 aromatic rings. The first-order chi connectivity index (χ1) is 12.9. The Hall–Kier alpha value is -1.98. The Morgan fingerprint density at radius 2 is 1.70 bits per heavy atom. The third-order valence-electron chi connectivity index (χ3n) is 4.77. The van der Waals surface area contributed by atoms with Crippen molar-refractivity contribution in [2.75, 3.05) is 6.61 Å². The number of aliphatic hydroxyl groups excluding tert-OH is 4. The average Bonchev–Trinajstić information content (AvgIpc) is 2.69. The number of aliphatic hydroxyl groups is 4. The Morgan fingerprint density at radius 3 is 2.33 bits per heavy atom. The van der Waals surface area contributed by atoms with Crippen LogP contribution in [0.25, 0.3) is 0 Å². The summed E-state index contributed by atoms with van der Waals surface area (Å²) in [4.78, 5) is 0. The Balaban J connectivity index is 1.86. The molecule has 0 radical (unpaired) electrons. The zero-order valence-electron chi connectivity index (χ0n) is 14.4. The second-order valence-corrected chi connectivity index (χ2v) is 6.99. The van der Waals surface area contributed by atoms with Crippen LogP contribution < -0.4 is 0 Å². The van der Waals surface area contributed by atoms with E-state index < -0.39 is 37.1 Å². The Morgan fingerprint density at radius 1 is 1.00 bits per heavy atom. The lowest BCUT2D eigenvalue weighted by Gasteiger charge is -2.40. The van der Waals surface area contributed by atoms with E-state index in [1.807, 2.05) is 12.1 Å². The largest absolute Gasteiger partial charge is 0.394 e. The van der Waals surface area contributed by atoms with Crippen molar-refractivity contribution in [2.24, 2.45) is 0 Å². The number of ether oxygens (including phenoxy) is 1. The van der Waals surface area contributed by atoms with E-state index in [-0.39, 0.29) is 0 Å². The summed E-state index contributed by atoms with van der Waals surface area (Å²) in [6.07, 6.45) is -5.53. The van der Waals surface area contributed by atoms with Crippen LogP contribution in [0.15, 0.2) is 42.5 Å². The summed E-state index contributed by atoms with van der Waals surface area (Å²) in [6, 6.07) is 14.3. The summed E-state index contributed by atoms with van der Waals surface area (Å²) in [5.41, 5.74) is 2.90. The molecular formula is C20H20ClNO5. The standard InChI is InChI=1S/C20H20ClNO5/c21-15-6-5-13(20-19(26)18(25)17(24)16(10-23)27-20)8-14(15)7-11-1-3-12(9-22)4-2-11/h1-6,8,16-20,23-26H,7,10H2. The molecule has 0 saturated carbocycles. The van der Waals surface area contributed by atoms with Crippen LogP contribution in [0.1, 0.15) is 28.4 Å². The number of benzene rings is 2. The number of nitrogens with zero attached hydrogens (tertiary/aromatic N) is 1. The van der Waals surface area contributed by atoms with Crippen molar-refractivity contribution in [1.29, 1.82) is 5.26 Å². The highest BCUT2D eigenvalue weighted by atomic mass is 35.5. The van der Waals surface area contributed by atoms with E-state index in [2.05, 4.69) is 6.07 Å². The molecule has 3 rings (SSSR count). The normalized spacial score (nSPS) is 27.9. The number of halogens is 1. The van der Waals surface area contributed by atoms with Gasteiger partial charge in [0.2, 0.25) is 0 Å². The maximum Gasteiger partial charge on any atom is 0.113 e. The maximum absolute atomic E-state index is 10.3. The van der Waals surface area contributed by atoms with Crippen molar-refractivity contribution < 1.29 is 25.2 Å². The number of rotatable bonds is 4. The van der Waals surface area contributed by atoms with Gasteiger partial charge in [-0.05, 0) is 41.3 Å². The molecule has 5 unspecified atom stereocenters. The van der Waals surface area contributed by atoms with Gasteiger partial charge in [-0.15, -0.1) is 0 Å². The van der Waals surface area contributed by atoms with Gasteiger partial charge in [0, 0.05) is 5.02 Å². The van der Waals surface area contributed by atoms with Crippen molar-refractivity contribution in [1.82, 2.24) is 0 Å². The van der Waals surface area contributed by atoms with Gasteiger partial charge in [-0.2, -0.15) is 5.26 Å². The highest BCUT2D eigenvalue weighted by Gasteiger charge is 2.43. The third-order valence-corrected chi connectivity index (χ3v) is 5.14. The van der Waals surface area contributed by atoms with Crippen molar-refractivity contribution in [3.05, 3.63) is 69.7 Å². The maximum atomic E-state index is 10.3. The molecular weight excluding hydrogens is 370 g/mol. The fourth-order valence-corrected chi connectivity index (χ4v) is 3.39. The van der Waals surface area contributed by atoms with Crippen LogP contribution in [0.3, 0.4) is 0 Å². The summed E-state index contributed by atoms with van der Waals surface area (Å²) >= 11 is 6.30. The first-order valence-electron chi connectivity index (χ1n) is 8.52. The molecule has 0 aromatic heterocycles. The van der Waals surface area contributed by atoms with Gasteiger partial charge in [0.25, 0.3) is 0 Å². The zero-order chi connectivity index (χ0) is 19.6. The molecule has 4 N–H and O–H groups in total. The summed E-state index contributed by atoms with van der Waals surface area (Å²) < 4.78 is 5.60. The number of hydrogen-bond acceptors (Lipinski definition) is 6. The van der Waals surface area contributed by atoms with Gasteiger partial charge < -0.3 is 25.2 Å². The fraction of sp³-hybridized carbons (Fsp3) is 0.350. The minimum Gasteiger partial charge on any atom is -0.394 e. The van der Waals surface area contributed by atoms with E-state index in [9.17, 15) is 20.4 Å². The van der Waals surface area contributed by atoms with Crippen LogP contribution in [0.2, 0.25) is 5.02 Å². The van der Waals surface area contributed by atoms with E-state index in [1.165, 1.54) is 0 Å². The van der Waals surface area contributed by atoms with Crippen molar-refractivity contribution in [3.63, 3.8) is 0 Å². The SMILES string of the molecule is N#Cc1ccc(Cc2cc(C3OC(CO)C(O)C(O)C3O)ccc2Cl)cc1. The third kappa shape index (κ3) is 4.14. The highest BCUT2D eigenvalue weighted by Crippen LogP contribution is 2.34. The molecule has 2 aromatic carbocycles. The molecule has 0 amide bonds. The summed E-state index contributed by atoms with van der Waals surface area (Å²) in [5.74, 6) is 0. The topological polar surface area (TPSA) is 114 Å². The van der Waals surface area contributed by atoms with Crippen molar-refractivity contribution in [2.45, 2.75) is 36.9 Å². The zero-order valence-corrected chi connectivity index (χ0v) is 15.1. The molecule has 1 heterocycles. The molecule has 5 atom stereocenters. The van der Waals surface area contributed by atoms with Crippen LogP contribution in [-0.2, 0) is 11.2 Å². The van der Waals surface area contributed by atoms with Crippen LogP contribution in [0.4, 0.5) is 0 Å². The molecule has 6 nitrogen and oxygen atoms in total. The Labute approximate surface area is 161 Å². The Kier molecular flexibility index (Phi) is 6.12. The van der Waals surface area contributed by atoms with Crippen LogP contribution in [-0.4, -0.2) is 51.4 Å². The van der Waals surface area contributed by atoms with Gasteiger partial charge in [-0.1, -0.05) is 35.9 Å². The summed E-state index contributed by atoms with van der Waals surface area (Å²) in [5, 5.41) is 49.0. The van der Waals surface area contributed by atoms with E-state index >= 15 is 0 Å². The lowest BCUT2D eigenvalue weighted by molar-refractivity contribution is -0.231. The average molecular weight is 390 g/mol. The van der Waals surface area contributed by atoms with Crippen molar-refractivity contribution >= 4 is 11.6 Å².